The Bertz CT molecular complexity index is 525. The summed E-state index contributed by atoms with van der Waals surface area (Å²) in [6.07, 6.45) is 6.41. The van der Waals surface area contributed by atoms with E-state index in [4.69, 9.17) is 10.2 Å². The Hall–Kier alpha value is -2.61. The molecule has 1 saturated heterocycles. The smallest absolute Gasteiger partial charge is 0.371 e. The van der Waals surface area contributed by atoms with Gasteiger partial charge in [-0.05, 0) is 38.1 Å². The highest BCUT2D eigenvalue weighted by molar-refractivity contribution is 6.31. The van der Waals surface area contributed by atoms with Crippen molar-refractivity contribution in [1.29, 1.82) is 0 Å². The summed E-state index contributed by atoms with van der Waals surface area (Å²) in [6, 6.07) is 4.79. The van der Waals surface area contributed by atoms with E-state index in [2.05, 4.69) is 23.0 Å². The number of nitrogens with zero attached hydrogens (tertiary/aromatic N) is 2. The molecule has 8 heteroatoms. The van der Waals surface area contributed by atoms with Gasteiger partial charge in [0.05, 0.1) is 0 Å². The molecule has 2 rings (SSSR count). The molecular weight excluding hydrogens is 316 g/mol. The van der Waals surface area contributed by atoms with Crippen molar-refractivity contribution in [2.75, 3.05) is 13.6 Å². The Morgan fingerprint density at radius 2 is 1.62 bits per heavy atom. The number of hydrogen-bond donors (Lipinski definition) is 2. The summed E-state index contributed by atoms with van der Waals surface area (Å²) < 4.78 is 0. The van der Waals surface area contributed by atoms with E-state index in [0.717, 1.165) is 13.8 Å². The summed E-state index contributed by atoms with van der Waals surface area (Å²) in [7, 11) is 2.19. The van der Waals surface area contributed by atoms with Gasteiger partial charge >= 0.3 is 11.9 Å². The molecule has 1 aromatic rings. The van der Waals surface area contributed by atoms with Crippen LogP contribution in [-0.4, -0.2) is 57.2 Å². The fourth-order valence-corrected chi connectivity index (χ4v) is 1.90. The maximum absolute atomic E-state index is 9.54. The lowest BCUT2D eigenvalue weighted by atomic mass is 10.1. The number of hydrogen-bond acceptors (Lipinski definition) is 6. The molecule has 0 radical (unpaired) electrons. The summed E-state index contributed by atoms with van der Waals surface area (Å²) in [5.74, 6) is -4.41. The van der Waals surface area contributed by atoms with Crippen LogP contribution in [0.3, 0.4) is 0 Å². The minimum Gasteiger partial charge on any atom is -0.476 e. The second kappa shape index (κ2) is 11.0. The zero-order chi connectivity index (χ0) is 18.7. The van der Waals surface area contributed by atoms with E-state index in [1.165, 1.54) is 24.9 Å². The standard InChI is InChI=1S/C10H14N2.2C3H4O3/c1-12-7-3-5-10(12)9-4-2-6-11-8-9;2*1-2(4)3(5)6/h2,4,6,8,10H,3,5,7H2,1H3;2*1H3,(H,5,6). The number of carbonyl (C=O) groups excluding carboxylic acids is 2. The molecule has 8 nitrogen and oxygen atoms in total. The van der Waals surface area contributed by atoms with Gasteiger partial charge in [-0.3, -0.25) is 19.5 Å². The maximum Gasteiger partial charge on any atom is 0.371 e. The lowest BCUT2D eigenvalue weighted by Crippen LogP contribution is -2.17. The average Bonchev–Trinajstić information content (AvgIpc) is 2.95. The Balaban J connectivity index is 0.000000377. The first kappa shape index (κ1) is 21.4. The number of likely N-dealkylation sites (tertiary alicyclic amines) is 1. The molecule has 0 aliphatic carbocycles. The highest BCUT2D eigenvalue weighted by atomic mass is 16.4. The van der Waals surface area contributed by atoms with Gasteiger partial charge in [-0.2, -0.15) is 0 Å². The van der Waals surface area contributed by atoms with Crippen LogP contribution in [0.4, 0.5) is 0 Å². The molecule has 2 heterocycles. The Morgan fingerprint density at radius 1 is 1.12 bits per heavy atom. The summed E-state index contributed by atoms with van der Waals surface area (Å²) in [5, 5.41) is 15.3. The number of ketones is 2. The minimum atomic E-state index is -1.38. The highest BCUT2D eigenvalue weighted by Gasteiger charge is 2.21. The van der Waals surface area contributed by atoms with Crippen molar-refractivity contribution in [2.45, 2.75) is 32.7 Å². The quantitative estimate of drug-likeness (QED) is 0.787. The van der Waals surface area contributed by atoms with Crippen molar-refractivity contribution in [2.24, 2.45) is 0 Å². The number of carbonyl (C=O) groups is 4. The van der Waals surface area contributed by atoms with Crippen LogP contribution in [0.5, 0.6) is 0 Å². The summed E-state index contributed by atoms with van der Waals surface area (Å²) in [6.45, 7) is 3.23. The number of pyridine rings is 1. The van der Waals surface area contributed by atoms with Crippen LogP contribution in [0.1, 0.15) is 38.3 Å². The van der Waals surface area contributed by atoms with Gasteiger partial charge < -0.3 is 10.2 Å². The second-order valence-electron chi connectivity index (χ2n) is 5.15. The van der Waals surface area contributed by atoms with Crippen molar-refractivity contribution in [3.8, 4) is 0 Å². The number of carboxylic acid groups (broad SMARTS) is 2. The number of Topliss-reactive ketones (excluding diaryl/α,β-unsaturated/α-hetero) is 2. The van der Waals surface area contributed by atoms with Crippen LogP contribution in [0.15, 0.2) is 24.5 Å². The highest BCUT2D eigenvalue weighted by Crippen LogP contribution is 2.29. The summed E-state index contributed by atoms with van der Waals surface area (Å²) >= 11 is 0. The van der Waals surface area contributed by atoms with Crippen LogP contribution in [0.25, 0.3) is 0 Å². The third kappa shape index (κ3) is 8.74. The molecule has 1 unspecified atom stereocenters. The molecule has 132 valence electrons. The molecule has 1 fully saturated rings. The second-order valence-corrected chi connectivity index (χ2v) is 5.15. The minimum absolute atomic E-state index is 0.610. The molecule has 0 amide bonds. The molecule has 1 aliphatic heterocycles. The third-order valence-corrected chi connectivity index (χ3v) is 3.19. The van der Waals surface area contributed by atoms with Gasteiger partial charge in [-0.25, -0.2) is 9.59 Å². The average molecular weight is 338 g/mol. The molecule has 1 aromatic heterocycles. The van der Waals surface area contributed by atoms with Gasteiger partial charge in [0.15, 0.2) is 0 Å². The van der Waals surface area contributed by atoms with Gasteiger partial charge in [0, 0.05) is 32.3 Å². The first-order valence-electron chi connectivity index (χ1n) is 7.24. The van der Waals surface area contributed by atoms with E-state index < -0.39 is 23.5 Å². The SMILES string of the molecule is CC(=O)C(=O)O.CC(=O)C(=O)O.CN1CCCC1c1cccnc1. The van der Waals surface area contributed by atoms with E-state index in [-0.39, 0.29) is 0 Å². The molecule has 0 saturated carbocycles. The van der Waals surface area contributed by atoms with E-state index in [1.807, 2.05) is 18.5 Å². The van der Waals surface area contributed by atoms with Gasteiger partial charge in [0.1, 0.15) is 0 Å². The van der Waals surface area contributed by atoms with Crippen LogP contribution in [-0.2, 0) is 19.2 Å². The van der Waals surface area contributed by atoms with Crippen LogP contribution in [0.2, 0.25) is 0 Å². The predicted molar refractivity (Wildman–Crippen MR) is 85.5 cm³/mol. The number of rotatable bonds is 3. The fourth-order valence-electron chi connectivity index (χ4n) is 1.90. The van der Waals surface area contributed by atoms with E-state index >= 15 is 0 Å². The van der Waals surface area contributed by atoms with Gasteiger partial charge in [-0.1, -0.05) is 6.07 Å². The first-order chi connectivity index (χ1) is 11.2. The van der Waals surface area contributed by atoms with E-state index in [0.29, 0.717) is 6.04 Å². The largest absolute Gasteiger partial charge is 0.476 e. The summed E-state index contributed by atoms with van der Waals surface area (Å²) in [5.41, 5.74) is 1.36. The number of aliphatic carboxylic acids is 2. The van der Waals surface area contributed by atoms with Crippen molar-refractivity contribution in [3.05, 3.63) is 30.1 Å². The molecule has 0 spiro atoms. The normalized spacial score (nSPS) is 16.0. The van der Waals surface area contributed by atoms with Crippen LogP contribution >= 0.6 is 0 Å². The number of carboxylic acids is 2. The van der Waals surface area contributed by atoms with E-state index in [1.54, 1.807) is 0 Å². The van der Waals surface area contributed by atoms with Crippen molar-refractivity contribution in [3.63, 3.8) is 0 Å². The van der Waals surface area contributed by atoms with Crippen molar-refractivity contribution >= 4 is 23.5 Å². The summed E-state index contributed by atoms with van der Waals surface area (Å²) in [4.78, 5) is 44.3. The molecule has 1 atom stereocenters. The predicted octanol–water partition coefficient (Wildman–Crippen LogP) is 1.17. The van der Waals surface area contributed by atoms with E-state index in [9.17, 15) is 19.2 Å². The number of aromatic nitrogens is 1. The lowest BCUT2D eigenvalue weighted by molar-refractivity contribution is -0.148. The Labute approximate surface area is 140 Å². The van der Waals surface area contributed by atoms with Crippen LogP contribution in [0, 0.1) is 0 Å². The van der Waals surface area contributed by atoms with Crippen molar-refractivity contribution < 1.29 is 29.4 Å². The molecule has 24 heavy (non-hydrogen) atoms. The Kier molecular flexibility index (Phi) is 9.81. The molecule has 2 N–H and O–H groups in total. The lowest BCUT2D eigenvalue weighted by Gasteiger charge is -2.18. The van der Waals surface area contributed by atoms with Crippen molar-refractivity contribution in [1.82, 2.24) is 9.88 Å². The van der Waals surface area contributed by atoms with Gasteiger partial charge in [0.25, 0.3) is 0 Å². The monoisotopic (exact) mass is 338 g/mol. The maximum atomic E-state index is 9.54. The van der Waals surface area contributed by atoms with Gasteiger partial charge in [-0.15, -0.1) is 0 Å². The Morgan fingerprint density at radius 3 is 1.92 bits per heavy atom. The van der Waals surface area contributed by atoms with Crippen LogP contribution < -0.4 is 0 Å². The molecule has 0 aromatic carbocycles. The molecular formula is C16H22N2O6. The zero-order valence-corrected chi connectivity index (χ0v) is 13.9. The fraction of sp³-hybridized carbons (Fsp3) is 0.438. The first-order valence-corrected chi connectivity index (χ1v) is 7.24. The molecule has 1 aliphatic rings. The topological polar surface area (TPSA) is 125 Å². The van der Waals surface area contributed by atoms with Gasteiger partial charge in [0.2, 0.25) is 11.6 Å². The molecule has 0 bridgehead atoms. The third-order valence-electron chi connectivity index (χ3n) is 3.19. The zero-order valence-electron chi connectivity index (χ0n) is 13.9.